The molecule has 0 aromatic carbocycles. The van der Waals surface area contributed by atoms with Crippen molar-refractivity contribution in [3.05, 3.63) is 0 Å². The van der Waals surface area contributed by atoms with E-state index in [2.05, 4.69) is 25.8 Å². The fraction of sp³-hybridized carbons (Fsp3) is 0.889. The predicted molar refractivity (Wildman–Crippen MR) is 115 cm³/mol. The van der Waals surface area contributed by atoms with E-state index in [0.29, 0.717) is 6.04 Å². The topological polar surface area (TPSA) is 68.8 Å². The Morgan fingerprint density at radius 1 is 1.12 bits per heavy atom. The number of guanidine groups is 1. The number of piperidine rings is 1. The minimum atomic E-state index is 0. The molecular formula is C18H36IN5O. The van der Waals surface area contributed by atoms with Crippen LogP contribution in [0.3, 0.4) is 0 Å². The molecule has 1 aliphatic carbocycles. The molecule has 0 bridgehead atoms. The normalized spacial score (nSPS) is 20.9. The number of halogens is 1. The summed E-state index contributed by atoms with van der Waals surface area (Å²) in [7, 11) is 1.76. The van der Waals surface area contributed by atoms with Crippen LogP contribution in [-0.4, -0.2) is 61.6 Å². The first-order chi connectivity index (χ1) is 11.6. The van der Waals surface area contributed by atoms with Crippen molar-refractivity contribution in [1.29, 1.82) is 0 Å². The second-order valence-corrected chi connectivity index (χ2v) is 7.39. The number of carbonyl (C=O) groups excluding carboxylic acids is 1. The van der Waals surface area contributed by atoms with Crippen LogP contribution < -0.4 is 16.0 Å². The zero-order valence-corrected chi connectivity index (χ0v) is 18.3. The smallest absolute Gasteiger partial charge is 0.239 e. The summed E-state index contributed by atoms with van der Waals surface area (Å²) in [4.78, 5) is 18.6. The number of rotatable bonds is 5. The molecule has 6 nitrogen and oxygen atoms in total. The van der Waals surface area contributed by atoms with Gasteiger partial charge in [0, 0.05) is 38.3 Å². The van der Waals surface area contributed by atoms with E-state index in [4.69, 9.17) is 0 Å². The van der Waals surface area contributed by atoms with Crippen molar-refractivity contribution in [3.63, 3.8) is 0 Å². The fourth-order valence-corrected chi connectivity index (χ4v) is 3.78. The summed E-state index contributed by atoms with van der Waals surface area (Å²) in [6.45, 7) is 6.54. The van der Waals surface area contributed by atoms with Gasteiger partial charge in [-0.25, -0.2) is 0 Å². The lowest BCUT2D eigenvalue weighted by molar-refractivity contribution is -0.120. The van der Waals surface area contributed by atoms with Crippen molar-refractivity contribution in [2.75, 3.05) is 26.7 Å². The Morgan fingerprint density at radius 3 is 2.32 bits per heavy atom. The van der Waals surface area contributed by atoms with Crippen LogP contribution in [0.2, 0.25) is 0 Å². The summed E-state index contributed by atoms with van der Waals surface area (Å²) >= 11 is 0. The lowest BCUT2D eigenvalue weighted by atomic mass is 9.92. The summed E-state index contributed by atoms with van der Waals surface area (Å²) in [5.74, 6) is 0.727. The van der Waals surface area contributed by atoms with E-state index in [1.807, 2.05) is 13.8 Å². The predicted octanol–water partition coefficient (Wildman–Crippen LogP) is 2.09. The molecule has 2 fully saturated rings. The maximum Gasteiger partial charge on any atom is 0.239 e. The van der Waals surface area contributed by atoms with E-state index in [0.717, 1.165) is 24.8 Å². The minimum absolute atomic E-state index is 0. The van der Waals surface area contributed by atoms with Crippen molar-refractivity contribution >= 4 is 35.8 Å². The minimum Gasteiger partial charge on any atom is -0.354 e. The summed E-state index contributed by atoms with van der Waals surface area (Å²) in [5.41, 5.74) is 0. The molecule has 3 N–H and O–H groups in total. The van der Waals surface area contributed by atoms with Crippen molar-refractivity contribution < 1.29 is 4.79 Å². The van der Waals surface area contributed by atoms with Crippen LogP contribution in [0.5, 0.6) is 0 Å². The van der Waals surface area contributed by atoms with E-state index in [-0.39, 0.29) is 42.5 Å². The number of likely N-dealkylation sites (tertiary alicyclic amines) is 1. The highest BCUT2D eigenvalue weighted by Crippen LogP contribution is 2.25. The monoisotopic (exact) mass is 465 g/mol. The Kier molecular flexibility index (Phi) is 10.7. The van der Waals surface area contributed by atoms with Gasteiger partial charge in [0.05, 0.1) is 6.54 Å². The Bertz CT molecular complexity index is 416. The van der Waals surface area contributed by atoms with Crippen LogP contribution >= 0.6 is 24.0 Å². The zero-order valence-electron chi connectivity index (χ0n) is 16.0. The third-order valence-corrected chi connectivity index (χ3v) is 5.05. The maximum absolute atomic E-state index is 11.7. The van der Waals surface area contributed by atoms with Crippen molar-refractivity contribution in [1.82, 2.24) is 20.9 Å². The highest BCUT2D eigenvalue weighted by molar-refractivity contribution is 14.0. The molecule has 2 rings (SSSR count). The van der Waals surface area contributed by atoms with Crippen LogP contribution in [0, 0.1) is 0 Å². The van der Waals surface area contributed by atoms with Crippen molar-refractivity contribution in [2.45, 2.75) is 76.9 Å². The lowest BCUT2D eigenvalue weighted by Gasteiger charge is -2.39. The molecule has 0 atom stereocenters. The molecule has 7 heteroatoms. The third-order valence-electron chi connectivity index (χ3n) is 5.05. The molecule has 146 valence electrons. The molecule has 1 saturated carbocycles. The standard InChI is InChI=1S/C18H35N5O.HI/c1-14(2)21-17(24)13-20-18(19-3)22-15-9-11-23(12-10-15)16-7-5-4-6-8-16;/h14-16H,4-13H2,1-3H3,(H,21,24)(H2,19,20,22);1H. The average Bonchev–Trinajstić information content (AvgIpc) is 2.59. The average molecular weight is 465 g/mol. The summed E-state index contributed by atoms with van der Waals surface area (Å²) in [6.07, 6.45) is 9.28. The third kappa shape index (κ3) is 8.11. The SMILES string of the molecule is CN=C(NCC(=O)NC(C)C)NC1CCN(C2CCCCC2)CC1.I. The van der Waals surface area contributed by atoms with E-state index in [1.54, 1.807) is 7.05 Å². The maximum atomic E-state index is 11.7. The fourth-order valence-electron chi connectivity index (χ4n) is 3.78. The molecular weight excluding hydrogens is 429 g/mol. The molecule has 1 amide bonds. The molecule has 0 spiro atoms. The molecule has 0 aromatic rings. The van der Waals surface area contributed by atoms with Crippen LogP contribution in [0.15, 0.2) is 4.99 Å². The van der Waals surface area contributed by atoms with E-state index < -0.39 is 0 Å². The number of nitrogens with zero attached hydrogens (tertiary/aromatic N) is 2. The first-order valence-corrected chi connectivity index (χ1v) is 9.59. The molecule has 25 heavy (non-hydrogen) atoms. The molecule has 0 radical (unpaired) electrons. The van der Waals surface area contributed by atoms with Gasteiger partial charge in [-0.3, -0.25) is 9.79 Å². The molecule has 1 saturated heterocycles. The molecule has 2 aliphatic rings. The summed E-state index contributed by atoms with van der Waals surface area (Å²) in [6, 6.07) is 1.43. The van der Waals surface area contributed by atoms with Gasteiger partial charge in [0.1, 0.15) is 0 Å². The number of aliphatic imine (C=N–C) groups is 1. The Balaban J connectivity index is 0.00000312. The second-order valence-electron chi connectivity index (χ2n) is 7.39. The van der Waals surface area contributed by atoms with Crippen LogP contribution in [0.1, 0.15) is 58.8 Å². The van der Waals surface area contributed by atoms with Gasteiger partial charge in [0.2, 0.25) is 5.91 Å². The van der Waals surface area contributed by atoms with Gasteiger partial charge in [-0.15, -0.1) is 24.0 Å². The highest BCUT2D eigenvalue weighted by atomic mass is 127. The van der Waals surface area contributed by atoms with Gasteiger partial charge < -0.3 is 20.9 Å². The quantitative estimate of drug-likeness (QED) is 0.331. The summed E-state index contributed by atoms with van der Waals surface area (Å²) < 4.78 is 0. The van der Waals surface area contributed by atoms with Gasteiger partial charge in [-0.1, -0.05) is 19.3 Å². The van der Waals surface area contributed by atoms with E-state index in [9.17, 15) is 4.79 Å². The first-order valence-electron chi connectivity index (χ1n) is 9.59. The molecule has 1 heterocycles. The lowest BCUT2D eigenvalue weighted by Crippen LogP contribution is -2.52. The number of hydrogen-bond donors (Lipinski definition) is 3. The zero-order chi connectivity index (χ0) is 17.4. The number of hydrogen-bond acceptors (Lipinski definition) is 3. The van der Waals surface area contributed by atoms with Gasteiger partial charge >= 0.3 is 0 Å². The van der Waals surface area contributed by atoms with Crippen LogP contribution in [0.4, 0.5) is 0 Å². The highest BCUT2D eigenvalue weighted by Gasteiger charge is 2.26. The van der Waals surface area contributed by atoms with E-state index >= 15 is 0 Å². The first kappa shape index (κ1) is 22.5. The van der Waals surface area contributed by atoms with Gasteiger partial charge in [-0.2, -0.15) is 0 Å². The van der Waals surface area contributed by atoms with Gasteiger partial charge in [0.25, 0.3) is 0 Å². The molecule has 0 unspecified atom stereocenters. The van der Waals surface area contributed by atoms with Crippen LogP contribution in [0.25, 0.3) is 0 Å². The largest absolute Gasteiger partial charge is 0.354 e. The van der Waals surface area contributed by atoms with Crippen LogP contribution in [-0.2, 0) is 4.79 Å². The Hall–Kier alpha value is -0.570. The molecule has 0 aromatic heterocycles. The van der Waals surface area contributed by atoms with Crippen molar-refractivity contribution in [3.8, 4) is 0 Å². The van der Waals surface area contributed by atoms with Gasteiger partial charge in [0.15, 0.2) is 5.96 Å². The number of carbonyl (C=O) groups is 1. The second kappa shape index (κ2) is 11.9. The van der Waals surface area contributed by atoms with Gasteiger partial charge in [-0.05, 0) is 39.5 Å². The van der Waals surface area contributed by atoms with Crippen molar-refractivity contribution in [2.24, 2.45) is 4.99 Å². The summed E-state index contributed by atoms with van der Waals surface area (Å²) in [5, 5.41) is 9.46. The molecule has 1 aliphatic heterocycles. The number of nitrogens with one attached hydrogen (secondary N) is 3. The number of amides is 1. The Morgan fingerprint density at radius 2 is 1.76 bits per heavy atom. The van der Waals surface area contributed by atoms with E-state index in [1.165, 1.54) is 45.2 Å². The Labute approximate surface area is 170 Å².